The van der Waals surface area contributed by atoms with Crippen molar-refractivity contribution >= 4 is 18.3 Å². The largest absolute Gasteiger partial charge is 0.382 e. The van der Waals surface area contributed by atoms with E-state index in [0.717, 1.165) is 39.0 Å². The monoisotopic (exact) mass is 306 g/mol. The molecule has 0 aromatic rings. The SMILES string of the molecule is CCCC(N)C(=O)NCC1(CCOCC)CCCC1.Cl. The molecule has 1 aliphatic rings. The van der Waals surface area contributed by atoms with Gasteiger partial charge in [-0.15, -0.1) is 12.4 Å². The molecule has 1 fully saturated rings. The Morgan fingerprint density at radius 1 is 1.35 bits per heavy atom. The molecule has 1 aliphatic carbocycles. The van der Waals surface area contributed by atoms with Crippen molar-refractivity contribution in [2.24, 2.45) is 11.1 Å². The summed E-state index contributed by atoms with van der Waals surface area (Å²) in [5.74, 6) is 0.00420. The van der Waals surface area contributed by atoms with Crippen molar-refractivity contribution in [1.82, 2.24) is 5.32 Å². The van der Waals surface area contributed by atoms with Gasteiger partial charge < -0.3 is 15.8 Å². The van der Waals surface area contributed by atoms with Crippen LogP contribution in [-0.4, -0.2) is 31.7 Å². The lowest BCUT2D eigenvalue weighted by atomic mass is 9.83. The van der Waals surface area contributed by atoms with Crippen molar-refractivity contribution in [3.05, 3.63) is 0 Å². The Hall–Kier alpha value is -0.320. The summed E-state index contributed by atoms with van der Waals surface area (Å²) >= 11 is 0. The fraction of sp³-hybridized carbons (Fsp3) is 0.933. The molecule has 0 aromatic heterocycles. The van der Waals surface area contributed by atoms with Crippen LogP contribution in [0.25, 0.3) is 0 Å². The molecule has 0 saturated heterocycles. The lowest BCUT2D eigenvalue weighted by Gasteiger charge is -2.29. The number of halogens is 1. The molecule has 0 bridgehead atoms. The minimum atomic E-state index is -0.352. The molecule has 1 unspecified atom stereocenters. The second kappa shape index (κ2) is 10.4. The van der Waals surface area contributed by atoms with E-state index >= 15 is 0 Å². The van der Waals surface area contributed by atoms with E-state index in [0.29, 0.717) is 0 Å². The first kappa shape index (κ1) is 19.7. The summed E-state index contributed by atoms with van der Waals surface area (Å²) in [6, 6.07) is -0.352. The van der Waals surface area contributed by atoms with Gasteiger partial charge in [-0.3, -0.25) is 4.79 Å². The maximum absolute atomic E-state index is 11.9. The van der Waals surface area contributed by atoms with Crippen molar-refractivity contribution in [2.45, 2.75) is 64.8 Å². The van der Waals surface area contributed by atoms with Crippen LogP contribution in [0, 0.1) is 5.41 Å². The van der Waals surface area contributed by atoms with Crippen molar-refractivity contribution in [2.75, 3.05) is 19.8 Å². The van der Waals surface area contributed by atoms with Crippen molar-refractivity contribution in [1.29, 1.82) is 0 Å². The Kier molecular flexibility index (Phi) is 10.2. The van der Waals surface area contributed by atoms with Gasteiger partial charge in [0.1, 0.15) is 0 Å². The average molecular weight is 307 g/mol. The van der Waals surface area contributed by atoms with Crippen LogP contribution in [0.3, 0.4) is 0 Å². The summed E-state index contributed by atoms with van der Waals surface area (Å²) in [6.07, 6.45) is 7.69. The zero-order valence-electron chi connectivity index (χ0n) is 13.0. The molecule has 1 rings (SSSR count). The molecular formula is C15H31ClN2O2. The zero-order valence-corrected chi connectivity index (χ0v) is 13.8. The molecule has 0 heterocycles. The van der Waals surface area contributed by atoms with E-state index in [-0.39, 0.29) is 29.8 Å². The van der Waals surface area contributed by atoms with Crippen LogP contribution in [0.2, 0.25) is 0 Å². The number of nitrogens with two attached hydrogens (primary N) is 1. The minimum Gasteiger partial charge on any atom is -0.382 e. The lowest BCUT2D eigenvalue weighted by molar-refractivity contribution is -0.123. The molecule has 4 nitrogen and oxygen atoms in total. The third kappa shape index (κ3) is 6.42. The van der Waals surface area contributed by atoms with Gasteiger partial charge in [0.2, 0.25) is 5.91 Å². The zero-order chi connectivity index (χ0) is 14.1. The smallest absolute Gasteiger partial charge is 0.236 e. The fourth-order valence-electron chi connectivity index (χ4n) is 2.92. The molecule has 0 aromatic carbocycles. The molecule has 20 heavy (non-hydrogen) atoms. The highest BCUT2D eigenvalue weighted by molar-refractivity contribution is 5.85. The molecule has 0 radical (unpaired) electrons. The number of hydrogen-bond donors (Lipinski definition) is 2. The molecule has 0 aliphatic heterocycles. The topological polar surface area (TPSA) is 64.4 Å². The Labute approximate surface area is 129 Å². The predicted molar refractivity (Wildman–Crippen MR) is 85.2 cm³/mol. The van der Waals surface area contributed by atoms with Crippen LogP contribution in [0.1, 0.15) is 58.8 Å². The average Bonchev–Trinajstić information content (AvgIpc) is 2.86. The Morgan fingerprint density at radius 3 is 2.55 bits per heavy atom. The molecule has 0 spiro atoms. The van der Waals surface area contributed by atoms with Crippen LogP contribution in [0.5, 0.6) is 0 Å². The normalized spacial score (nSPS) is 18.4. The number of ether oxygens (including phenoxy) is 1. The molecule has 120 valence electrons. The predicted octanol–water partition coefficient (Wildman–Crippen LogP) is 2.64. The Morgan fingerprint density at radius 2 is 2.00 bits per heavy atom. The molecule has 1 atom stereocenters. The van der Waals surface area contributed by atoms with Gasteiger partial charge in [0.15, 0.2) is 0 Å². The van der Waals surface area contributed by atoms with Gasteiger partial charge in [-0.25, -0.2) is 0 Å². The van der Waals surface area contributed by atoms with Gasteiger partial charge in [0, 0.05) is 19.8 Å². The highest BCUT2D eigenvalue weighted by Gasteiger charge is 2.34. The fourth-order valence-corrected chi connectivity index (χ4v) is 2.92. The second-order valence-corrected chi connectivity index (χ2v) is 5.77. The summed E-state index contributed by atoms with van der Waals surface area (Å²) in [5.41, 5.74) is 6.09. The van der Waals surface area contributed by atoms with Crippen LogP contribution in [0.15, 0.2) is 0 Å². The summed E-state index contributed by atoms with van der Waals surface area (Å²) < 4.78 is 5.48. The van der Waals surface area contributed by atoms with Gasteiger partial charge in [-0.2, -0.15) is 0 Å². The van der Waals surface area contributed by atoms with Crippen LogP contribution < -0.4 is 11.1 Å². The van der Waals surface area contributed by atoms with E-state index in [1.807, 2.05) is 13.8 Å². The van der Waals surface area contributed by atoms with Crippen molar-refractivity contribution in [3.8, 4) is 0 Å². The number of carbonyl (C=O) groups is 1. The summed E-state index contributed by atoms with van der Waals surface area (Å²) in [4.78, 5) is 11.9. The van der Waals surface area contributed by atoms with E-state index in [1.165, 1.54) is 25.7 Å². The van der Waals surface area contributed by atoms with E-state index in [9.17, 15) is 4.79 Å². The Balaban J connectivity index is 0.00000361. The maximum Gasteiger partial charge on any atom is 0.236 e. The van der Waals surface area contributed by atoms with Gasteiger partial charge in [0.05, 0.1) is 6.04 Å². The molecule has 3 N–H and O–H groups in total. The highest BCUT2D eigenvalue weighted by atomic mass is 35.5. The third-order valence-electron chi connectivity index (χ3n) is 4.22. The number of rotatable bonds is 9. The third-order valence-corrected chi connectivity index (χ3v) is 4.22. The number of hydrogen-bond acceptors (Lipinski definition) is 3. The lowest BCUT2D eigenvalue weighted by Crippen LogP contribution is -2.45. The van der Waals surface area contributed by atoms with Crippen LogP contribution in [0.4, 0.5) is 0 Å². The van der Waals surface area contributed by atoms with E-state index in [4.69, 9.17) is 10.5 Å². The minimum absolute atomic E-state index is 0. The van der Waals surface area contributed by atoms with Crippen LogP contribution >= 0.6 is 12.4 Å². The number of amides is 1. The molecular weight excluding hydrogens is 276 g/mol. The standard InChI is InChI=1S/C15H30N2O2.ClH/c1-3-7-13(16)14(18)17-12-15(8-5-6-9-15)10-11-19-4-2;/h13H,3-12,16H2,1-2H3,(H,17,18);1H. The van der Waals surface area contributed by atoms with Gasteiger partial charge in [0.25, 0.3) is 0 Å². The highest BCUT2D eigenvalue weighted by Crippen LogP contribution is 2.40. The maximum atomic E-state index is 11.9. The van der Waals surface area contributed by atoms with Crippen molar-refractivity contribution in [3.63, 3.8) is 0 Å². The quantitative estimate of drug-likeness (QED) is 0.644. The summed E-state index contributed by atoms with van der Waals surface area (Å²) in [7, 11) is 0. The molecule has 5 heteroatoms. The summed E-state index contributed by atoms with van der Waals surface area (Å²) in [6.45, 7) is 6.40. The van der Waals surface area contributed by atoms with Gasteiger partial charge >= 0.3 is 0 Å². The van der Waals surface area contributed by atoms with E-state index < -0.39 is 0 Å². The molecule has 1 saturated carbocycles. The summed E-state index contributed by atoms with van der Waals surface area (Å²) in [5, 5.41) is 3.06. The van der Waals surface area contributed by atoms with E-state index in [1.54, 1.807) is 0 Å². The Bertz CT molecular complexity index is 269. The first-order chi connectivity index (χ1) is 9.13. The van der Waals surface area contributed by atoms with Crippen LogP contribution in [-0.2, 0) is 9.53 Å². The van der Waals surface area contributed by atoms with Crippen molar-refractivity contribution < 1.29 is 9.53 Å². The first-order valence-corrected chi connectivity index (χ1v) is 7.74. The first-order valence-electron chi connectivity index (χ1n) is 7.74. The van der Waals surface area contributed by atoms with Gasteiger partial charge in [-0.1, -0.05) is 26.2 Å². The second-order valence-electron chi connectivity index (χ2n) is 5.77. The van der Waals surface area contributed by atoms with E-state index in [2.05, 4.69) is 5.32 Å². The van der Waals surface area contributed by atoms with Gasteiger partial charge in [-0.05, 0) is 38.0 Å². The number of nitrogens with one attached hydrogen (secondary N) is 1. The molecule has 1 amide bonds. The number of carbonyl (C=O) groups excluding carboxylic acids is 1.